The summed E-state index contributed by atoms with van der Waals surface area (Å²) in [5, 5.41) is 3.25. The number of amides is 2. The SMILES string of the molecule is O=C(N[C@@H]1C[C@@H]1c1ccccc1)N1CCC[C@@H](CN2CCOCC2)C1. The molecular weight excluding hydrogens is 314 g/mol. The Morgan fingerprint density at radius 2 is 1.96 bits per heavy atom. The summed E-state index contributed by atoms with van der Waals surface area (Å²) in [6, 6.07) is 11.0. The number of nitrogens with zero attached hydrogens (tertiary/aromatic N) is 2. The summed E-state index contributed by atoms with van der Waals surface area (Å²) in [6.07, 6.45) is 3.42. The first-order valence-electron chi connectivity index (χ1n) is 9.70. The Bertz CT molecular complexity index is 574. The average molecular weight is 343 g/mol. The van der Waals surface area contributed by atoms with Gasteiger partial charge in [0.25, 0.3) is 0 Å². The van der Waals surface area contributed by atoms with Crippen molar-refractivity contribution in [2.75, 3.05) is 45.9 Å². The van der Waals surface area contributed by atoms with Crippen LogP contribution in [0.3, 0.4) is 0 Å². The molecule has 0 radical (unpaired) electrons. The molecule has 1 aromatic rings. The Morgan fingerprint density at radius 1 is 1.16 bits per heavy atom. The number of urea groups is 1. The van der Waals surface area contributed by atoms with Crippen LogP contribution >= 0.6 is 0 Å². The number of hydrogen-bond donors (Lipinski definition) is 1. The zero-order valence-electron chi connectivity index (χ0n) is 14.9. The highest BCUT2D eigenvalue weighted by atomic mass is 16.5. The maximum absolute atomic E-state index is 12.6. The minimum atomic E-state index is 0.134. The van der Waals surface area contributed by atoms with E-state index >= 15 is 0 Å². The number of morpholine rings is 1. The maximum Gasteiger partial charge on any atom is 0.317 e. The summed E-state index contributed by atoms with van der Waals surface area (Å²) in [6.45, 7) is 6.65. The third kappa shape index (κ3) is 4.33. The maximum atomic E-state index is 12.6. The number of carbonyl (C=O) groups excluding carboxylic acids is 1. The molecular formula is C20H29N3O2. The lowest BCUT2D eigenvalue weighted by Crippen LogP contribution is -2.49. The van der Waals surface area contributed by atoms with Gasteiger partial charge in [0.2, 0.25) is 0 Å². The molecule has 0 aromatic heterocycles. The molecule has 1 aliphatic carbocycles. The molecule has 3 atom stereocenters. The summed E-state index contributed by atoms with van der Waals surface area (Å²) < 4.78 is 5.43. The van der Waals surface area contributed by atoms with Crippen molar-refractivity contribution in [2.24, 2.45) is 5.92 Å². The highest BCUT2D eigenvalue weighted by Crippen LogP contribution is 2.40. The molecule has 2 saturated heterocycles. The molecule has 1 N–H and O–H groups in total. The predicted molar refractivity (Wildman–Crippen MR) is 97.7 cm³/mol. The fourth-order valence-corrected chi connectivity index (χ4v) is 4.22. The lowest BCUT2D eigenvalue weighted by atomic mass is 9.97. The Balaban J connectivity index is 1.24. The van der Waals surface area contributed by atoms with Crippen molar-refractivity contribution in [1.29, 1.82) is 0 Å². The van der Waals surface area contributed by atoms with Crippen LogP contribution in [0, 0.1) is 5.92 Å². The van der Waals surface area contributed by atoms with E-state index in [4.69, 9.17) is 4.74 Å². The van der Waals surface area contributed by atoms with E-state index in [9.17, 15) is 4.79 Å². The normalized spacial score (nSPS) is 30.1. The molecule has 0 spiro atoms. The van der Waals surface area contributed by atoms with Gasteiger partial charge in [-0.1, -0.05) is 30.3 Å². The number of likely N-dealkylation sites (tertiary alicyclic amines) is 1. The van der Waals surface area contributed by atoms with Gasteiger partial charge in [0.15, 0.2) is 0 Å². The van der Waals surface area contributed by atoms with Crippen molar-refractivity contribution in [3.63, 3.8) is 0 Å². The molecule has 136 valence electrons. The highest BCUT2D eigenvalue weighted by molar-refractivity contribution is 5.75. The second kappa shape index (κ2) is 7.75. The van der Waals surface area contributed by atoms with Crippen LogP contribution in [0.4, 0.5) is 4.79 Å². The first kappa shape index (κ1) is 16.9. The summed E-state index contributed by atoms with van der Waals surface area (Å²) in [5.41, 5.74) is 1.34. The van der Waals surface area contributed by atoms with Gasteiger partial charge in [0.05, 0.1) is 13.2 Å². The molecule has 2 aliphatic heterocycles. The molecule has 0 unspecified atom stereocenters. The lowest BCUT2D eigenvalue weighted by Gasteiger charge is -2.36. The Labute approximate surface area is 150 Å². The minimum absolute atomic E-state index is 0.134. The third-order valence-corrected chi connectivity index (χ3v) is 5.75. The van der Waals surface area contributed by atoms with Crippen LogP contribution in [0.2, 0.25) is 0 Å². The van der Waals surface area contributed by atoms with Gasteiger partial charge in [-0.15, -0.1) is 0 Å². The van der Waals surface area contributed by atoms with E-state index in [-0.39, 0.29) is 6.03 Å². The number of nitrogens with one attached hydrogen (secondary N) is 1. The molecule has 2 heterocycles. The summed E-state index contributed by atoms with van der Waals surface area (Å²) in [5.74, 6) is 1.10. The predicted octanol–water partition coefficient (Wildman–Crippen LogP) is 2.30. The fourth-order valence-electron chi connectivity index (χ4n) is 4.22. The lowest BCUT2D eigenvalue weighted by molar-refractivity contribution is 0.0249. The molecule has 5 heteroatoms. The van der Waals surface area contributed by atoms with E-state index in [1.54, 1.807) is 0 Å². The number of piperidine rings is 1. The number of carbonyl (C=O) groups is 1. The van der Waals surface area contributed by atoms with E-state index < -0.39 is 0 Å². The van der Waals surface area contributed by atoms with Crippen LogP contribution in [0.25, 0.3) is 0 Å². The van der Waals surface area contributed by atoms with Crippen LogP contribution in [0.15, 0.2) is 30.3 Å². The smallest absolute Gasteiger partial charge is 0.317 e. The van der Waals surface area contributed by atoms with Gasteiger partial charge in [-0.25, -0.2) is 4.79 Å². The summed E-state index contributed by atoms with van der Waals surface area (Å²) in [4.78, 5) is 17.2. The van der Waals surface area contributed by atoms with Crippen LogP contribution in [-0.4, -0.2) is 67.8 Å². The Kier molecular flexibility index (Phi) is 5.22. The van der Waals surface area contributed by atoms with Gasteiger partial charge in [-0.3, -0.25) is 4.90 Å². The first-order chi connectivity index (χ1) is 12.3. The molecule has 4 rings (SSSR count). The van der Waals surface area contributed by atoms with Crippen LogP contribution in [0.5, 0.6) is 0 Å². The highest BCUT2D eigenvalue weighted by Gasteiger charge is 2.40. The zero-order chi connectivity index (χ0) is 17.1. The number of hydrogen-bond acceptors (Lipinski definition) is 3. The van der Waals surface area contributed by atoms with Gasteiger partial charge in [-0.05, 0) is 30.7 Å². The van der Waals surface area contributed by atoms with Crippen molar-refractivity contribution < 1.29 is 9.53 Å². The molecule has 25 heavy (non-hydrogen) atoms. The Hall–Kier alpha value is -1.59. The van der Waals surface area contributed by atoms with Gasteiger partial charge in [0.1, 0.15) is 0 Å². The number of ether oxygens (including phenoxy) is 1. The number of rotatable bonds is 4. The second-order valence-corrected chi connectivity index (χ2v) is 7.68. The van der Waals surface area contributed by atoms with Crippen LogP contribution < -0.4 is 5.32 Å². The quantitative estimate of drug-likeness (QED) is 0.912. The minimum Gasteiger partial charge on any atom is -0.379 e. The summed E-state index contributed by atoms with van der Waals surface area (Å²) in [7, 11) is 0. The van der Waals surface area contributed by atoms with Crippen LogP contribution in [0.1, 0.15) is 30.7 Å². The van der Waals surface area contributed by atoms with Crippen molar-refractivity contribution in [3.8, 4) is 0 Å². The molecule has 2 amide bonds. The van der Waals surface area contributed by atoms with Crippen molar-refractivity contribution in [2.45, 2.75) is 31.2 Å². The van der Waals surface area contributed by atoms with E-state index in [1.807, 2.05) is 11.0 Å². The molecule has 1 aromatic carbocycles. The van der Waals surface area contributed by atoms with Gasteiger partial charge in [0, 0.05) is 44.7 Å². The molecule has 3 aliphatic rings. The van der Waals surface area contributed by atoms with Crippen molar-refractivity contribution >= 4 is 6.03 Å². The monoisotopic (exact) mass is 343 g/mol. The fraction of sp³-hybridized carbons (Fsp3) is 0.650. The third-order valence-electron chi connectivity index (χ3n) is 5.75. The Morgan fingerprint density at radius 3 is 2.76 bits per heavy atom. The van der Waals surface area contributed by atoms with Crippen molar-refractivity contribution in [3.05, 3.63) is 35.9 Å². The zero-order valence-corrected chi connectivity index (χ0v) is 14.9. The molecule has 5 nitrogen and oxygen atoms in total. The molecule has 3 fully saturated rings. The summed E-state index contributed by atoms with van der Waals surface area (Å²) >= 11 is 0. The van der Waals surface area contributed by atoms with E-state index in [0.29, 0.717) is 17.9 Å². The largest absolute Gasteiger partial charge is 0.379 e. The topological polar surface area (TPSA) is 44.8 Å². The first-order valence-corrected chi connectivity index (χ1v) is 9.70. The second-order valence-electron chi connectivity index (χ2n) is 7.68. The molecule has 1 saturated carbocycles. The van der Waals surface area contributed by atoms with Crippen LogP contribution in [-0.2, 0) is 4.74 Å². The van der Waals surface area contributed by atoms with E-state index in [2.05, 4.69) is 34.5 Å². The van der Waals surface area contributed by atoms with E-state index in [0.717, 1.165) is 58.8 Å². The standard InChI is InChI=1S/C20H29N3O2/c24-20(21-19-13-18(19)17-6-2-1-3-7-17)23-8-4-5-16(15-23)14-22-9-11-25-12-10-22/h1-3,6-7,16,18-19H,4-5,8-15H2,(H,21,24)/t16-,18+,19+/m0/s1. The van der Waals surface area contributed by atoms with Gasteiger partial charge in [-0.2, -0.15) is 0 Å². The van der Waals surface area contributed by atoms with Crippen molar-refractivity contribution in [1.82, 2.24) is 15.1 Å². The number of benzene rings is 1. The van der Waals surface area contributed by atoms with E-state index in [1.165, 1.54) is 12.0 Å². The average Bonchev–Trinajstić information content (AvgIpc) is 3.43. The van der Waals surface area contributed by atoms with Gasteiger partial charge < -0.3 is 15.0 Å². The van der Waals surface area contributed by atoms with Gasteiger partial charge >= 0.3 is 6.03 Å². The molecule has 0 bridgehead atoms.